The van der Waals surface area contributed by atoms with E-state index in [2.05, 4.69) is 10.2 Å². The molecule has 3 heteroatoms. The number of aromatic nitrogens is 2. The standard InChI is InChI=1S/C17H12N2O/c20-17-15-4-2-1-3-12(15)7-13-6-5-11(8-16(13)17)14-9-18-19-10-14/h1-6,8-10H,7H2,(H,18,19). The summed E-state index contributed by atoms with van der Waals surface area (Å²) in [7, 11) is 0. The Morgan fingerprint density at radius 2 is 1.80 bits per heavy atom. The zero-order chi connectivity index (χ0) is 13.5. The molecule has 0 radical (unpaired) electrons. The zero-order valence-corrected chi connectivity index (χ0v) is 10.8. The Bertz CT molecular complexity index is 804. The van der Waals surface area contributed by atoms with Gasteiger partial charge in [0.05, 0.1) is 6.20 Å². The van der Waals surface area contributed by atoms with Gasteiger partial charge in [0.1, 0.15) is 0 Å². The molecule has 2 aromatic carbocycles. The molecule has 0 spiro atoms. The van der Waals surface area contributed by atoms with E-state index in [1.165, 1.54) is 0 Å². The topological polar surface area (TPSA) is 45.8 Å². The lowest BCUT2D eigenvalue weighted by Gasteiger charge is -2.18. The van der Waals surface area contributed by atoms with E-state index >= 15 is 0 Å². The SMILES string of the molecule is O=C1c2ccccc2Cc2ccc(-c3cn[nH]c3)cc21. The fourth-order valence-electron chi connectivity index (χ4n) is 2.78. The molecule has 0 atom stereocenters. The second-order valence-electron chi connectivity index (χ2n) is 5.02. The van der Waals surface area contributed by atoms with Crippen LogP contribution in [0.3, 0.4) is 0 Å². The van der Waals surface area contributed by atoms with E-state index in [0.717, 1.165) is 39.8 Å². The summed E-state index contributed by atoms with van der Waals surface area (Å²) in [4.78, 5) is 12.6. The number of carbonyl (C=O) groups is 1. The molecule has 1 aliphatic carbocycles. The molecule has 0 unspecified atom stereocenters. The van der Waals surface area contributed by atoms with Gasteiger partial charge in [-0.2, -0.15) is 5.10 Å². The monoisotopic (exact) mass is 260 g/mol. The first-order valence-corrected chi connectivity index (χ1v) is 6.57. The predicted molar refractivity (Wildman–Crippen MR) is 76.7 cm³/mol. The van der Waals surface area contributed by atoms with Gasteiger partial charge >= 0.3 is 0 Å². The van der Waals surface area contributed by atoms with Crippen LogP contribution in [-0.2, 0) is 6.42 Å². The lowest BCUT2D eigenvalue weighted by molar-refractivity contribution is 0.103. The Morgan fingerprint density at radius 3 is 2.65 bits per heavy atom. The van der Waals surface area contributed by atoms with Gasteiger partial charge in [0.25, 0.3) is 0 Å². The maximum atomic E-state index is 12.6. The molecule has 0 bridgehead atoms. The highest BCUT2D eigenvalue weighted by molar-refractivity contribution is 6.12. The van der Waals surface area contributed by atoms with Gasteiger partial charge in [0, 0.05) is 22.9 Å². The van der Waals surface area contributed by atoms with Crippen LogP contribution in [-0.4, -0.2) is 16.0 Å². The number of ketones is 1. The molecule has 0 amide bonds. The molecule has 0 saturated carbocycles. The first-order valence-electron chi connectivity index (χ1n) is 6.57. The van der Waals surface area contributed by atoms with Crippen LogP contribution < -0.4 is 0 Å². The molecule has 4 rings (SSSR count). The number of aromatic amines is 1. The Hall–Kier alpha value is -2.68. The Labute approximate surface area is 116 Å². The summed E-state index contributed by atoms with van der Waals surface area (Å²) >= 11 is 0. The van der Waals surface area contributed by atoms with Crippen LogP contribution in [0.1, 0.15) is 27.0 Å². The van der Waals surface area contributed by atoms with Crippen LogP contribution in [0, 0.1) is 0 Å². The third-order valence-electron chi connectivity index (χ3n) is 3.83. The first-order chi connectivity index (χ1) is 9.83. The van der Waals surface area contributed by atoms with Crippen molar-refractivity contribution in [3.8, 4) is 11.1 Å². The smallest absolute Gasteiger partial charge is 0.193 e. The van der Waals surface area contributed by atoms with Crippen molar-refractivity contribution in [1.29, 1.82) is 0 Å². The number of H-pyrrole nitrogens is 1. The van der Waals surface area contributed by atoms with Crippen LogP contribution >= 0.6 is 0 Å². The highest BCUT2D eigenvalue weighted by atomic mass is 16.1. The van der Waals surface area contributed by atoms with Gasteiger partial charge in [-0.3, -0.25) is 9.89 Å². The summed E-state index contributed by atoms with van der Waals surface area (Å²) < 4.78 is 0. The van der Waals surface area contributed by atoms with Crippen molar-refractivity contribution >= 4 is 5.78 Å². The summed E-state index contributed by atoms with van der Waals surface area (Å²) in [5.74, 6) is 0.118. The van der Waals surface area contributed by atoms with Crippen LogP contribution in [0.25, 0.3) is 11.1 Å². The third kappa shape index (κ3) is 1.60. The van der Waals surface area contributed by atoms with Gasteiger partial charge in [0.2, 0.25) is 0 Å². The maximum Gasteiger partial charge on any atom is 0.193 e. The molecule has 1 heterocycles. The van der Waals surface area contributed by atoms with E-state index < -0.39 is 0 Å². The normalized spacial score (nSPS) is 12.9. The lowest BCUT2D eigenvalue weighted by atomic mass is 9.84. The molecule has 3 aromatic rings. The predicted octanol–water partition coefficient (Wildman–Crippen LogP) is 3.21. The summed E-state index contributed by atoms with van der Waals surface area (Å²) in [5, 5.41) is 6.76. The van der Waals surface area contributed by atoms with E-state index in [1.807, 2.05) is 48.7 Å². The minimum Gasteiger partial charge on any atom is -0.289 e. The van der Waals surface area contributed by atoms with Crippen molar-refractivity contribution in [2.24, 2.45) is 0 Å². The Kier molecular flexibility index (Phi) is 2.33. The van der Waals surface area contributed by atoms with Crippen molar-refractivity contribution in [2.75, 3.05) is 0 Å². The highest BCUT2D eigenvalue weighted by Crippen LogP contribution is 2.30. The van der Waals surface area contributed by atoms with Crippen molar-refractivity contribution in [2.45, 2.75) is 6.42 Å². The zero-order valence-electron chi connectivity index (χ0n) is 10.8. The van der Waals surface area contributed by atoms with E-state index in [9.17, 15) is 4.79 Å². The van der Waals surface area contributed by atoms with Gasteiger partial charge in [-0.1, -0.05) is 36.4 Å². The molecule has 0 aliphatic heterocycles. The third-order valence-corrected chi connectivity index (χ3v) is 3.83. The largest absolute Gasteiger partial charge is 0.289 e. The molecule has 20 heavy (non-hydrogen) atoms. The molecule has 1 aliphatic rings. The molecule has 1 N–H and O–H groups in total. The number of rotatable bonds is 1. The Morgan fingerprint density at radius 1 is 0.950 bits per heavy atom. The molecule has 1 aromatic heterocycles. The molecule has 0 saturated heterocycles. The molecular formula is C17H12N2O. The van der Waals surface area contributed by atoms with Gasteiger partial charge in [-0.05, 0) is 29.2 Å². The highest BCUT2D eigenvalue weighted by Gasteiger charge is 2.23. The van der Waals surface area contributed by atoms with Gasteiger partial charge in [-0.15, -0.1) is 0 Å². The van der Waals surface area contributed by atoms with Gasteiger partial charge in [0.15, 0.2) is 5.78 Å². The maximum absolute atomic E-state index is 12.6. The summed E-state index contributed by atoms with van der Waals surface area (Å²) in [6.45, 7) is 0. The number of nitrogens with one attached hydrogen (secondary N) is 1. The van der Waals surface area contributed by atoms with Crippen LogP contribution in [0.2, 0.25) is 0 Å². The second-order valence-corrected chi connectivity index (χ2v) is 5.02. The average molecular weight is 260 g/mol. The van der Waals surface area contributed by atoms with Crippen molar-refractivity contribution in [3.63, 3.8) is 0 Å². The number of benzene rings is 2. The minimum absolute atomic E-state index is 0.118. The van der Waals surface area contributed by atoms with Crippen molar-refractivity contribution in [1.82, 2.24) is 10.2 Å². The first kappa shape index (κ1) is 11.2. The fraction of sp³-hybridized carbons (Fsp3) is 0.0588. The summed E-state index contributed by atoms with van der Waals surface area (Å²) in [6.07, 6.45) is 4.43. The molecular weight excluding hydrogens is 248 g/mol. The quantitative estimate of drug-likeness (QED) is 0.571. The van der Waals surface area contributed by atoms with Crippen molar-refractivity contribution in [3.05, 3.63) is 77.1 Å². The van der Waals surface area contributed by atoms with Gasteiger partial charge in [-0.25, -0.2) is 0 Å². The van der Waals surface area contributed by atoms with Crippen LogP contribution in [0.5, 0.6) is 0 Å². The molecule has 96 valence electrons. The summed E-state index contributed by atoms with van der Waals surface area (Å²) in [6, 6.07) is 13.9. The lowest BCUT2D eigenvalue weighted by Crippen LogP contribution is -2.14. The number of carbonyl (C=O) groups excluding carboxylic acids is 1. The Balaban J connectivity index is 1.86. The molecule has 3 nitrogen and oxygen atoms in total. The van der Waals surface area contributed by atoms with E-state index in [0.29, 0.717) is 0 Å². The van der Waals surface area contributed by atoms with Crippen LogP contribution in [0.4, 0.5) is 0 Å². The molecule has 0 fully saturated rings. The van der Waals surface area contributed by atoms with Crippen LogP contribution in [0.15, 0.2) is 54.9 Å². The second kappa shape index (κ2) is 4.17. The van der Waals surface area contributed by atoms with Crippen molar-refractivity contribution < 1.29 is 4.79 Å². The van der Waals surface area contributed by atoms with E-state index in [-0.39, 0.29) is 5.78 Å². The number of fused-ring (bicyclic) bond motifs is 2. The van der Waals surface area contributed by atoms with Gasteiger partial charge < -0.3 is 0 Å². The number of nitrogens with zero attached hydrogens (tertiary/aromatic N) is 1. The summed E-state index contributed by atoms with van der Waals surface area (Å²) in [5.41, 5.74) is 5.86. The van der Waals surface area contributed by atoms with E-state index in [1.54, 1.807) is 6.20 Å². The number of hydrogen-bond acceptors (Lipinski definition) is 2. The minimum atomic E-state index is 0.118. The fourth-order valence-corrected chi connectivity index (χ4v) is 2.78. The van der Waals surface area contributed by atoms with E-state index in [4.69, 9.17) is 0 Å². The average Bonchev–Trinajstić information content (AvgIpc) is 3.02. The number of hydrogen-bond donors (Lipinski definition) is 1.